The summed E-state index contributed by atoms with van der Waals surface area (Å²) in [7, 11) is -4.35. The Morgan fingerprint density at radius 1 is 1.29 bits per heavy atom. The minimum absolute atomic E-state index is 0.0917. The fraction of sp³-hybridized carbons (Fsp3) is 0.500. The molecule has 204 valence electrons. The first kappa shape index (κ1) is 26.8. The van der Waals surface area contributed by atoms with Crippen LogP contribution in [0.25, 0.3) is 0 Å². The molecule has 1 fully saturated rings. The average Bonchev–Trinajstić information content (AvgIpc) is 3.52. The number of ketones is 1. The maximum atomic E-state index is 13.6. The molecule has 4 atom stereocenters. The third kappa shape index (κ3) is 5.37. The number of aliphatic hydroxyl groups is 1. The number of nitrogens with zero attached hydrogens (tertiary/aromatic N) is 4. The molecule has 1 aliphatic heterocycles. The normalized spacial score (nSPS) is 23.4. The number of aryl methyl sites for hydroxylation is 2. The Hall–Kier alpha value is -2.75. The van der Waals surface area contributed by atoms with Crippen molar-refractivity contribution in [2.75, 3.05) is 18.5 Å². The number of hydrogen-bond donors (Lipinski definition) is 4. The third-order valence-corrected chi connectivity index (χ3v) is 8.86. The predicted octanol–water partition coefficient (Wildman–Crippen LogP) is 1.95. The highest BCUT2D eigenvalue weighted by molar-refractivity contribution is 7.83. The third-order valence-electron chi connectivity index (χ3n) is 7.27. The van der Waals surface area contributed by atoms with Crippen LogP contribution < -0.4 is 10.0 Å². The van der Waals surface area contributed by atoms with Crippen LogP contribution in [0.2, 0.25) is 0 Å². The topological polar surface area (TPSA) is 169 Å². The van der Waals surface area contributed by atoms with Crippen LogP contribution in [-0.2, 0) is 21.6 Å². The van der Waals surface area contributed by atoms with E-state index in [0.717, 1.165) is 34.2 Å². The summed E-state index contributed by atoms with van der Waals surface area (Å²) in [6.07, 6.45) is 2.43. The van der Waals surface area contributed by atoms with Gasteiger partial charge in [0.2, 0.25) is 5.78 Å². The van der Waals surface area contributed by atoms with E-state index < -0.39 is 22.3 Å². The number of imidazole rings is 1. The minimum Gasteiger partial charge on any atom is -0.393 e. The molecule has 0 saturated heterocycles. The number of ether oxygens (including phenoxy) is 1. The molecule has 0 spiro atoms. The van der Waals surface area contributed by atoms with Crippen LogP contribution in [0.4, 0.5) is 5.82 Å². The summed E-state index contributed by atoms with van der Waals surface area (Å²) in [6, 6.07) is 1.61. The molecule has 12 nitrogen and oxygen atoms in total. The summed E-state index contributed by atoms with van der Waals surface area (Å²) in [5, 5.41) is 13.6. The second-order valence-corrected chi connectivity index (χ2v) is 12.2. The van der Waals surface area contributed by atoms with Crippen LogP contribution in [0, 0.1) is 26.7 Å². The number of hydrogen-bond acceptors (Lipinski definition) is 10. The molecule has 1 aliphatic carbocycles. The number of rotatable bonds is 8. The molecule has 0 bridgehead atoms. The Labute approximate surface area is 224 Å². The number of carbonyl (C=O) groups excluding carboxylic acids is 1. The van der Waals surface area contributed by atoms with Gasteiger partial charge in [0, 0.05) is 47.4 Å². The average molecular weight is 563 g/mol. The molecule has 1 saturated carbocycles. The van der Waals surface area contributed by atoms with Gasteiger partial charge in [-0.2, -0.15) is 13.1 Å². The van der Waals surface area contributed by atoms with Crippen molar-refractivity contribution >= 4 is 33.2 Å². The SMILES string of the molecule is Cc1nc2n(c1C)CCOC2c1cc(C(=O)c2cncnc2N[C@@H]2C[C@H](CNS(=O)(=O)O)[C@@H](O)C2)sc1C. The van der Waals surface area contributed by atoms with Gasteiger partial charge in [-0.3, -0.25) is 9.35 Å². The molecule has 5 rings (SSSR count). The maximum absolute atomic E-state index is 13.6. The van der Waals surface area contributed by atoms with Crippen LogP contribution in [0.5, 0.6) is 0 Å². The highest BCUT2D eigenvalue weighted by Crippen LogP contribution is 2.37. The van der Waals surface area contributed by atoms with E-state index in [1.807, 2.05) is 31.6 Å². The van der Waals surface area contributed by atoms with Crippen LogP contribution in [-0.4, -0.2) is 68.7 Å². The summed E-state index contributed by atoms with van der Waals surface area (Å²) in [6.45, 7) is 7.19. The van der Waals surface area contributed by atoms with E-state index in [2.05, 4.69) is 19.9 Å². The lowest BCUT2D eigenvalue weighted by molar-refractivity contribution is 0.0423. The van der Waals surface area contributed by atoms with Gasteiger partial charge in [-0.1, -0.05) is 0 Å². The molecular weight excluding hydrogens is 532 g/mol. The van der Waals surface area contributed by atoms with Gasteiger partial charge in [-0.15, -0.1) is 11.3 Å². The van der Waals surface area contributed by atoms with Crippen LogP contribution >= 0.6 is 11.3 Å². The van der Waals surface area contributed by atoms with Gasteiger partial charge < -0.3 is 19.7 Å². The first-order valence-electron chi connectivity index (χ1n) is 12.3. The number of thiophene rings is 1. The molecule has 3 aromatic rings. The molecule has 4 heterocycles. The Bertz CT molecular complexity index is 1470. The Balaban J connectivity index is 1.35. The number of carbonyl (C=O) groups is 1. The Morgan fingerprint density at radius 3 is 2.84 bits per heavy atom. The maximum Gasteiger partial charge on any atom is 0.333 e. The lowest BCUT2D eigenvalue weighted by Gasteiger charge is -2.25. The van der Waals surface area contributed by atoms with E-state index >= 15 is 0 Å². The number of aliphatic hydroxyl groups excluding tert-OH is 1. The van der Waals surface area contributed by atoms with Crippen molar-refractivity contribution in [2.45, 2.75) is 58.4 Å². The quantitative estimate of drug-likeness (QED) is 0.235. The van der Waals surface area contributed by atoms with Crippen molar-refractivity contribution in [1.82, 2.24) is 24.2 Å². The molecule has 38 heavy (non-hydrogen) atoms. The second-order valence-electron chi connectivity index (χ2n) is 9.74. The molecule has 2 aliphatic rings. The van der Waals surface area contributed by atoms with Crippen molar-refractivity contribution in [1.29, 1.82) is 0 Å². The zero-order valence-electron chi connectivity index (χ0n) is 21.2. The smallest absolute Gasteiger partial charge is 0.333 e. The zero-order chi connectivity index (χ0) is 27.2. The van der Waals surface area contributed by atoms with Crippen molar-refractivity contribution in [3.8, 4) is 0 Å². The monoisotopic (exact) mass is 562 g/mol. The van der Waals surface area contributed by atoms with E-state index in [1.165, 1.54) is 23.9 Å². The lowest BCUT2D eigenvalue weighted by atomic mass is 10.1. The minimum atomic E-state index is -4.35. The van der Waals surface area contributed by atoms with Gasteiger partial charge in [0.1, 0.15) is 24.1 Å². The Kier molecular flexibility index (Phi) is 7.37. The van der Waals surface area contributed by atoms with Gasteiger partial charge in [0.25, 0.3) is 0 Å². The van der Waals surface area contributed by atoms with Gasteiger partial charge in [0.15, 0.2) is 0 Å². The molecule has 0 radical (unpaired) electrons. The van der Waals surface area contributed by atoms with E-state index in [4.69, 9.17) is 14.3 Å². The molecule has 1 unspecified atom stereocenters. The lowest BCUT2D eigenvalue weighted by Crippen LogP contribution is -2.32. The van der Waals surface area contributed by atoms with E-state index in [9.17, 15) is 18.3 Å². The fourth-order valence-electron chi connectivity index (χ4n) is 5.19. The number of nitrogens with one attached hydrogen (secondary N) is 2. The summed E-state index contributed by atoms with van der Waals surface area (Å²) in [5.41, 5.74) is 3.28. The van der Waals surface area contributed by atoms with Crippen LogP contribution in [0.1, 0.15) is 61.8 Å². The summed E-state index contributed by atoms with van der Waals surface area (Å²) < 4.78 is 41.2. The fourth-order valence-corrected chi connectivity index (χ4v) is 6.61. The van der Waals surface area contributed by atoms with E-state index in [0.29, 0.717) is 35.7 Å². The second kappa shape index (κ2) is 10.4. The van der Waals surface area contributed by atoms with E-state index in [-0.39, 0.29) is 24.5 Å². The molecule has 0 amide bonds. The van der Waals surface area contributed by atoms with Gasteiger partial charge in [-0.05, 0) is 39.7 Å². The number of aromatic nitrogens is 4. The molecule has 4 N–H and O–H groups in total. The largest absolute Gasteiger partial charge is 0.393 e. The Morgan fingerprint density at radius 2 is 2.08 bits per heavy atom. The molecular formula is C24H30N6O6S2. The molecule has 0 aromatic carbocycles. The van der Waals surface area contributed by atoms with Gasteiger partial charge in [-0.25, -0.2) is 15.0 Å². The van der Waals surface area contributed by atoms with Crippen molar-refractivity contribution < 1.29 is 27.6 Å². The summed E-state index contributed by atoms with van der Waals surface area (Å²) >= 11 is 1.38. The van der Waals surface area contributed by atoms with E-state index in [1.54, 1.807) is 0 Å². The first-order valence-corrected chi connectivity index (χ1v) is 14.5. The highest BCUT2D eigenvalue weighted by Gasteiger charge is 2.35. The number of fused-ring (bicyclic) bond motifs is 1. The predicted molar refractivity (Wildman–Crippen MR) is 140 cm³/mol. The van der Waals surface area contributed by atoms with Crippen LogP contribution in [0.3, 0.4) is 0 Å². The first-order chi connectivity index (χ1) is 18.0. The summed E-state index contributed by atoms with van der Waals surface area (Å²) in [5.74, 6) is 0.554. The zero-order valence-corrected chi connectivity index (χ0v) is 22.8. The summed E-state index contributed by atoms with van der Waals surface area (Å²) in [4.78, 5) is 28.2. The van der Waals surface area contributed by atoms with Gasteiger partial charge in [0.05, 0.1) is 28.8 Å². The van der Waals surface area contributed by atoms with Crippen molar-refractivity contribution in [3.05, 3.63) is 56.7 Å². The molecule has 14 heteroatoms. The number of anilines is 1. The van der Waals surface area contributed by atoms with Crippen molar-refractivity contribution in [3.63, 3.8) is 0 Å². The van der Waals surface area contributed by atoms with Gasteiger partial charge >= 0.3 is 10.3 Å². The standard InChI is InChI=1S/C24H30N6O6S2/c1-12-13(2)30-4-5-36-22(24(30)28-12)17-8-20(37-14(17)3)21(32)18-10-25-11-26-23(18)29-16-6-15(19(31)7-16)9-27-38(33,34)35/h8,10-11,15-16,19,22,27,31H,4-7,9H2,1-3H3,(H,25,26,29)(H,33,34,35)/t15-,16-,19+,22?/m1/s1. The van der Waals surface area contributed by atoms with Crippen molar-refractivity contribution in [2.24, 2.45) is 5.92 Å². The molecule has 3 aromatic heterocycles. The highest BCUT2D eigenvalue weighted by atomic mass is 32.2. The van der Waals surface area contributed by atoms with Crippen LogP contribution in [0.15, 0.2) is 18.6 Å².